The van der Waals surface area contributed by atoms with E-state index in [1.54, 1.807) is 25.1 Å². The summed E-state index contributed by atoms with van der Waals surface area (Å²) in [5, 5.41) is 5.68. The molecular formula is C19H20ClN3O4S. The van der Waals surface area contributed by atoms with Crippen molar-refractivity contribution in [3.63, 3.8) is 0 Å². The predicted molar refractivity (Wildman–Crippen MR) is 109 cm³/mol. The maximum absolute atomic E-state index is 12.2. The Hall–Kier alpha value is -2.68. The lowest BCUT2D eigenvalue weighted by Gasteiger charge is -2.10. The number of hydrogen-bond donors (Lipinski definition) is 3. The Balaban J connectivity index is 1.95. The summed E-state index contributed by atoms with van der Waals surface area (Å²) in [7, 11) is -3.66. The van der Waals surface area contributed by atoms with E-state index in [1.165, 1.54) is 30.3 Å². The lowest BCUT2D eigenvalue weighted by molar-refractivity contribution is -0.115. The van der Waals surface area contributed by atoms with E-state index in [0.717, 1.165) is 5.56 Å². The summed E-state index contributed by atoms with van der Waals surface area (Å²) in [6.07, 6.45) is 1.43. The fraction of sp³-hybridized carbons (Fsp3) is 0.158. The smallest absolute Gasteiger partial charge is 0.251 e. The highest BCUT2D eigenvalue weighted by atomic mass is 35.5. The predicted octanol–water partition coefficient (Wildman–Crippen LogP) is 2.48. The van der Waals surface area contributed by atoms with Gasteiger partial charge in [0, 0.05) is 22.8 Å². The molecule has 9 heteroatoms. The van der Waals surface area contributed by atoms with Crippen molar-refractivity contribution in [2.45, 2.75) is 11.8 Å². The molecule has 148 valence electrons. The highest BCUT2D eigenvalue weighted by Gasteiger charge is 2.14. The van der Waals surface area contributed by atoms with Crippen molar-refractivity contribution in [2.75, 3.05) is 18.4 Å². The van der Waals surface area contributed by atoms with Crippen LogP contribution in [0.4, 0.5) is 5.69 Å². The second kappa shape index (κ2) is 9.50. The van der Waals surface area contributed by atoms with Crippen LogP contribution >= 0.6 is 11.6 Å². The van der Waals surface area contributed by atoms with Crippen LogP contribution in [0.2, 0.25) is 5.02 Å². The first-order valence-corrected chi connectivity index (χ1v) is 10.1. The van der Waals surface area contributed by atoms with Crippen LogP contribution in [0.5, 0.6) is 0 Å². The molecule has 0 aliphatic rings. The Bertz CT molecular complexity index is 989. The highest BCUT2D eigenvalue weighted by Crippen LogP contribution is 2.22. The first kappa shape index (κ1) is 21.6. The van der Waals surface area contributed by atoms with Crippen molar-refractivity contribution in [3.05, 3.63) is 71.3 Å². The molecular weight excluding hydrogens is 402 g/mol. The van der Waals surface area contributed by atoms with Crippen molar-refractivity contribution in [3.8, 4) is 0 Å². The van der Waals surface area contributed by atoms with Crippen LogP contribution in [0.1, 0.15) is 15.9 Å². The Labute approximate surface area is 168 Å². The zero-order chi connectivity index (χ0) is 20.7. The minimum atomic E-state index is -3.66. The van der Waals surface area contributed by atoms with Gasteiger partial charge in [0.25, 0.3) is 5.91 Å². The molecule has 2 aromatic carbocycles. The van der Waals surface area contributed by atoms with Crippen molar-refractivity contribution in [1.29, 1.82) is 0 Å². The molecule has 3 N–H and O–H groups in total. The Morgan fingerprint density at radius 2 is 1.82 bits per heavy atom. The normalized spacial score (nSPS) is 10.9. The van der Waals surface area contributed by atoms with E-state index in [9.17, 15) is 18.0 Å². The largest absolute Gasteiger partial charge is 0.343 e. The molecule has 2 rings (SSSR count). The summed E-state index contributed by atoms with van der Waals surface area (Å²) in [6.45, 7) is 5.08. The number of anilines is 1. The van der Waals surface area contributed by atoms with Crippen molar-refractivity contribution in [2.24, 2.45) is 0 Å². The van der Waals surface area contributed by atoms with Crippen LogP contribution in [-0.4, -0.2) is 33.3 Å². The van der Waals surface area contributed by atoms with E-state index in [1.807, 2.05) is 0 Å². The Kier molecular flexibility index (Phi) is 7.33. The third-order valence-corrected chi connectivity index (χ3v) is 5.64. The summed E-state index contributed by atoms with van der Waals surface area (Å²) >= 11 is 6.00. The van der Waals surface area contributed by atoms with Crippen LogP contribution in [0.3, 0.4) is 0 Å². The highest BCUT2D eigenvalue weighted by molar-refractivity contribution is 7.89. The summed E-state index contributed by atoms with van der Waals surface area (Å²) in [4.78, 5) is 24.2. The molecule has 0 bridgehead atoms. The average Bonchev–Trinajstić information content (AvgIpc) is 2.68. The number of sulfonamides is 1. The summed E-state index contributed by atoms with van der Waals surface area (Å²) in [5.41, 5.74) is 1.52. The second-order valence-corrected chi connectivity index (χ2v) is 7.98. The van der Waals surface area contributed by atoms with Gasteiger partial charge in [-0.2, -0.15) is 0 Å². The number of amides is 2. The van der Waals surface area contributed by atoms with Crippen LogP contribution in [0, 0.1) is 6.92 Å². The van der Waals surface area contributed by atoms with E-state index in [-0.39, 0.29) is 23.5 Å². The van der Waals surface area contributed by atoms with Gasteiger partial charge in [0.2, 0.25) is 15.9 Å². The van der Waals surface area contributed by atoms with E-state index in [2.05, 4.69) is 21.9 Å². The molecule has 0 unspecified atom stereocenters. The van der Waals surface area contributed by atoms with Crippen LogP contribution in [0.25, 0.3) is 0 Å². The Morgan fingerprint density at radius 3 is 2.46 bits per heavy atom. The molecule has 0 aliphatic carbocycles. The van der Waals surface area contributed by atoms with Gasteiger partial charge in [-0.25, -0.2) is 13.1 Å². The van der Waals surface area contributed by atoms with Gasteiger partial charge in [0.05, 0.1) is 11.4 Å². The van der Waals surface area contributed by atoms with E-state index >= 15 is 0 Å². The van der Waals surface area contributed by atoms with Crippen molar-refractivity contribution >= 4 is 39.1 Å². The summed E-state index contributed by atoms with van der Waals surface area (Å²) in [5.74, 6) is -0.910. The second-order valence-electron chi connectivity index (χ2n) is 5.81. The van der Waals surface area contributed by atoms with Crippen LogP contribution in [0.15, 0.2) is 60.0 Å². The number of hydrogen-bond acceptors (Lipinski definition) is 4. The van der Waals surface area contributed by atoms with Gasteiger partial charge in [-0.3, -0.25) is 9.59 Å². The van der Waals surface area contributed by atoms with Gasteiger partial charge < -0.3 is 10.6 Å². The van der Waals surface area contributed by atoms with Crippen LogP contribution < -0.4 is 15.4 Å². The molecule has 2 aromatic rings. The lowest BCUT2D eigenvalue weighted by Crippen LogP contribution is -2.33. The third-order valence-electron chi connectivity index (χ3n) is 3.80. The molecule has 0 atom stereocenters. The van der Waals surface area contributed by atoms with E-state index in [0.29, 0.717) is 10.7 Å². The average molecular weight is 422 g/mol. The van der Waals surface area contributed by atoms with Gasteiger partial charge in [0.1, 0.15) is 0 Å². The molecule has 0 saturated carbocycles. The topological polar surface area (TPSA) is 104 Å². The van der Waals surface area contributed by atoms with Crippen LogP contribution in [-0.2, 0) is 14.8 Å². The van der Waals surface area contributed by atoms with E-state index in [4.69, 9.17) is 11.6 Å². The number of carbonyl (C=O) groups excluding carboxylic acids is 2. The maximum atomic E-state index is 12.2. The molecule has 0 heterocycles. The molecule has 7 nitrogen and oxygen atoms in total. The standard InChI is InChI=1S/C19H20ClN3O4S/c1-3-11-22-28(26,27)15-9-7-14(8-10-15)19(25)21-12-18(24)23-17-6-4-5-16(20)13(17)2/h3-10,22H,1,11-12H2,2H3,(H,21,25)(H,23,24). The minimum absolute atomic E-state index is 0.0278. The zero-order valence-corrected chi connectivity index (χ0v) is 16.7. The number of rotatable bonds is 8. The van der Waals surface area contributed by atoms with Gasteiger partial charge in [-0.15, -0.1) is 6.58 Å². The number of carbonyl (C=O) groups is 2. The van der Waals surface area contributed by atoms with Crippen molar-refractivity contribution < 1.29 is 18.0 Å². The minimum Gasteiger partial charge on any atom is -0.343 e. The lowest BCUT2D eigenvalue weighted by atomic mass is 10.2. The first-order chi connectivity index (χ1) is 13.2. The molecule has 0 aromatic heterocycles. The molecule has 0 saturated heterocycles. The molecule has 0 aliphatic heterocycles. The molecule has 0 radical (unpaired) electrons. The fourth-order valence-corrected chi connectivity index (χ4v) is 3.41. The number of benzene rings is 2. The summed E-state index contributed by atoms with van der Waals surface area (Å²) < 4.78 is 26.3. The third kappa shape index (κ3) is 5.66. The SMILES string of the molecule is C=CCNS(=O)(=O)c1ccc(C(=O)NCC(=O)Nc2cccc(Cl)c2C)cc1. The van der Waals surface area contributed by atoms with Gasteiger partial charge >= 0.3 is 0 Å². The zero-order valence-electron chi connectivity index (χ0n) is 15.2. The molecule has 0 spiro atoms. The first-order valence-electron chi connectivity index (χ1n) is 8.28. The molecule has 2 amide bonds. The molecule has 28 heavy (non-hydrogen) atoms. The number of halogens is 1. The quantitative estimate of drug-likeness (QED) is 0.569. The fourth-order valence-electron chi connectivity index (χ4n) is 2.24. The van der Waals surface area contributed by atoms with Gasteiger partial charge in [-0.1, -0.05) is 23.7 Å². The maximum Gasteiger partial charge on any atom is 0.251 e. The van der Waals surface area contributed by atoms with Gasteiger partial charge in [0.15, 0.2) is 0 Å². The summed E-state index contributed by atoms with van der Waals surface area (Å²) in [6, 6.07) is 10.5. The number of nitrogens with one attached hydrogen (secondary N) is 3. The molecule has 0 fully saturated rings. The Morgan fingerprint density at radius 1 is 1.14 bits per heavy atom. The van der Waals surface area contributed by atoms with Gasteiger partial charge in [-0.05, 0) is 48.9 Å². The van der Waals surface area contributed by atoms with E-state index < -0.39 is 21.8 Å². The monoisotopic (exact) mass is 421 g/mol. The van der Waals surface area contributed by atoms with Crippen molar-refractivity contribution in [1.82, 2.24) is 10.0 Å².